The van der Waals surface area contributed by atoms with E-state index < -0.39 is 12.0 Å². The fourth-order valence-corrected chi connectivity index (χ4v) is 1.53. The minimum Gasteiger partial charge on any atom is -0.497 e. The van der Waals surface area contributed by atoms with Crippen LogP contribution in [0.3, 0.4) is 0 Å². The quantitative estimate of drug-likeness (QED) is 0.739. The summed E-state index contributed by atoms with van der Waals surface area (Å²) in [7, 11) is 5.29. The maximum Gasteiger partial charge on any atom is 0.337 e. The predicted molar refractivity (Wildman–Crippen MR) is 80.1 cm³/mol. The van der Waals surface area contributed by atoms with Gasteiger partial charge in [0, 0.05) is 18.7 Å². The Balaban J connectivity index is 2.76. The fraction of sp³-hybridized carbons (Fsp3) is 0.429. The summed E-state index contributed by atoms with van der Waals surface area (Å²) in [5, 5.41) is 14.3. The van der Waals surface area contributed by atoms with Crippen molar-refractivity contribution in [2.75, 3.05) is 33.1 Å². The van der Waals surface area contributed by atoms with E-state index in [1.807, 2.05) is 25.9 Å². The molecule has 7 heteroatoms. The summed E-state index contributed by atoms with van der Waals surface area (Å²) < 4.78 is 5.03. The van der Waals surface area contributed by atoms with Gasteiger partial charge in [-0.05, 0) is 33.2 Å². The lowest BCUT2D eigenvalue weighted by atomic mass is 10.1. The van der Waals surface area contributed by atoms with Crippen LogP contribution in [0.15, 0.2) is 18.2 Å². The first kappa shape index (κ1) is 16.8. The number of carbonyl (C=O) groups is 2. The zero-order chi connectivity index (χ0) is 16.0. The minimum atomic E-state index is -1.12. The molecule has 0 spiro atoms. The van der Waals surface area contributed by atoms with Crippen molar-refractivity contribution in [3.05, 3.63) is 23.8 Å². The third kappa shape index (κ3) is 4.96. The predicted octanol–water partition coefficient (Wildman–Crippen LogP) is 1.46. The van der Waals surface area contributed by atoms with E-state index in [0.29, 0.717) is 12.3 Å². The van der Waals surface area contributed by atoms with Gasteiger partial charge in [0.2, 0.25) is 0 Å². The Labute approximate surface area is 123 Å². The number of hydrogen-bond donors (Lipinski definition) is 3. The summed E-state index contributed by atoms with van der Waals surface area (Å²) in [4.78, 5) is 24.9. The first-order valence-electron chi connectivity index (χ1n) is 6.47. The van der Waals surface area contributed by atoms with Crippen molar-refractivity contribution in [3.8, 4) is 5.75 Å². The molecule has 0 heterocycles. The lowest BCUT2D eigenvalue weighted by Crippen LogP contribution is -2.40. The number of likely N-dealkylation sites (N-methyl/N-ethyl adjacent to an activating group) is 1. The monoisotopic (exact) mass is 295 g/mol. The maximum absolute atomic E-state index is 11.8. The molecule has 0 radical (unpaired) electrons. The average molecular weight is 295 g/mol. The topological polar surface area (TPSA) is 90.9 Å². The first-order chi connectivity index (χ1) is 9.85. The molecule has 0 aromatic heterocycles. The Morgan fingerprint density at radius 2 is 2.05 bits per heavy atom. The smallest absolute Gasteiger partial charge is 0.337 e. The second-order valence-corrected chi connectivity index (χ2v) is 4.86. The fourth-order valence-electron chi connectivity index (χ4n) is 1.53. The molecule has 1 atom stereocenters. The Kier molecular flexibility index (Phi) is 5.98. The van der Waals surface area contributed by atoms with Gasteiger partial charge in [0.05, 0.1) is 18.4 Å². The van der Waals surface area contributed by atoms with Crippen LogP contribution in [0.4, 0.5) is 10.5 Å². The summed E-state index contributed by atoms with van der Waals surface area (Å²) in [6, 6.07) is 4.10. The molecule has 0 aliphatic rings. The maximum atomic E-state index is 11.8. The van der Waals surface area contributed by atoms with Gasteiger partial charge in [-0.25, -0.2) is 9.59 Å². The van der Waals surface area contributed by atoms with E-state index in [1.54, 1.807) is 0 Å². The lowest BCUT2D eigenvalue weighted by Gasteiger charge is -2.20. The molecule has 116 valence electrons. The molecule has 1 aromatic carbocycles. The Hall–Kier alpha value is -2.28. The number of benzene rings is 1. The highest BCUT2D eigenvalue weighted by Gasteiger charge is 2.14. The van der Waals surface area contributed by atoms with Crippen LogP contribution in [0.25, 0.3) is 0 Å². The van der Waals surface area contributed by atoms with Crippen molar-refractivity contribution in [2.24, 2.45) is 0 Å². The van der Waals surface area contributed by atoms with Crippen LogP contribution in [-0.2, 0) is 0 Å². The second kappa shape index (κ2) is 7.49. The second-order valence-electron chi connectivity index (χ2n) is 4.86. The highest BCUT2D eigenvalue weighted by atomic mass is 16.5. The van der Waals surface area contributed by atoms with Crippen LogP contribution in [0.1, 0.15) is 17.3 Å². The van der Waals surface area contributed by atoms with E-state index in [-0.39, 0.29) is 17.3 Å². The van der Waals surface area contributed by atoms with Crippen LogP contribution in [0.5, 0.6) is 5.75 Å². The average Bonchev–Trinajstić information content (AvgIpc) is 2.44. The summed E-state index contributed by atoms with van der Waals surface area (Å²) >= 11 is 0. The normalized spacial score (nSPS) is 11.9. The lowest BCUT2D eigenvalue weighted by molar-refractivity contribution is 0.0698. The number of anilines is 1. The summed E-state index contributed by atoms with van der Waals surface area (Å²) in [5.41, 5.74) is 0.198. The minimum absolute atomic E-state index is 0.00612. The molecule has 0 saturated heterocycles. The van der Waals surface area contributed by atoms with Gasteiger partial charge in [-0.1, -0.05) is 0 Å². The van der Waals surface area contributed by atoms with Crippen LogP contribution < -0.4 is 15.4 Å². The molecule has 1 aromatic rings. The van der Waals surface area contributed by atoms with Crippen LogP contribution in [0, 0.1) is 0 Å². The van der Waals surface area contributed by atoms with Crippen molar-refractivity contribution in [3.63, 3.8) is 0 Å². The number of carboxylic acid groups (broad SMARTS) is 1. The number of hydrogen-bond acceptors (Lipinski definition) is 4. The van der Waals surface area contributed by atoms with E-state index in [9.17, 15) is 9.59 Å². The molecule has 2 amide bonds. The van der Waals surface area contributed by atoms with Crippen LogP contribution >= 0.6 is 0 Å². The number of nitrogens with zero attached hydrogens (tertiary/aromatic N) is 1. The molecule has 0 bridgehead atoms. The number of methoxy groups -OCH3 is 1. The van der Waals surface area contributed by atoms with Crippen molar-refractivity contribution in [1.82, 2.24) is 10.2 Å². The van der Waals surface area contributed by atoms with Crippen molar-refractivity contribution in [2.45, 2.75) is 13.0 Å². The van der Waals surface area contributed by atoms with E-state index in [4.69, 9.17) is 9.84 Å². The molecule has 3 N–H and O–H groups in total. The SMILES string of the molecule is COc1ccc(C(=O)O)c(NC(=O)NCC(C)N(C)C)c1. The molecular weight excluding hydrogens is 274 g/mol. The molecule has 21 heavy (non-hydrogen) atoms. The first-order valence-corrected chi connectivity index (χ1v) is 6.47. The van der Waals surface area contributed by atoms with E-state index in [0.717, 1.165) is 0 Å². The van der Waals surface area contributed by atoms with Gasteiger partial charge in [-0.3, -0.25) is 0 Å². The number of urea groups is 1. The molecule has 0 saturated carbocycles. The number of carboxylic acids is 1. The highest BCUT2D eigenvalue weighted by molar-refractivity contribution is 6.00. The Morgan fingerprint density at radius 1 is 1.38 bits per heavy atom. The highest BCUT2D eigenvalue weighted by Crippen LogP contribution is 2.22. The van der Waals surface area contributed by atoms with E-state index in [1.165, 1.54) is 25.3 Å². The van der Waals surface area contributed by atoms with E-state index >= 15 is 0 Å². The molecule has 0 aliphatic carbocycles. The van der Waals surface area contributed by atoms with Gasteiger partial charge < -0.3 is 25.4 Å². The molecular formula is C14H21N3O4. The number of ether oxygens (including phenoxy) is 1. The number of carbonyl (C=O) groups excluding carboxylic acids is 1. The molecule has 0 aliphatic heterocycles. The third-order valence-electron chi connectivity index (χ3n) is 3.14. The molecule has 0 fully saturated rings. The van der Waals surface area contributed by atoms with Crippen molar-refractivity contribution >= 4 is 17.7 Å². The zero-order valence-electron chi connectivity index (χ0n) is 12.6. The number of nitrogens with one attached hydrogen (secondary N) is 2. The number of aromatic carboxylic acids is 1. The van der Waals surface area contributed by atoms with Gasteiger partial charge in [0.15, 0.2) is 0 Å². The molecule has 1 rings (SSSR count). The van der Waals surface area contributed by atoms with Crippen molar-refractivity contribution in [1.29, 1.82) is 0 Å². The van der Waals surface area contributed by atoms with Crippen LogP contribution in [0.2, 0.25) is 0 Å². The number of amides is 2. The number of rotatable bonds is 6. The third-order valence-corrected chi connectivity index (χ3v) is 3.14. The van der Waals surface area contributed by atoms with Gasteiger partial charge in [0.1, 0.15) is 5.75 Å². The zero-order valence-corrected chi connectivity index (χ0v) is 12.6. The summed E-state index contributed by atoms with van der Waals surface area (Å²) in [6.45, 7) is 2.42. The molecule has 7 nitrogen and oxygen atoms in total. The Morgan fingerprint density at radius 3 is 2.57 bits per heavy atom. The van der Waals surface area contributed by atoms with Crippen LogP contribution in [-0.4, -0.2) is 55.8 Å². The largest absolute Gasteiger partial charge is 0.497 e. The Bertz CT molecular complexity index is 517. The summed E-state index contributed by atoms with van der Waals surface area (Å²) in [6.07, 6.45) is 0. The van der Waals surface area contributed by atoms with Crippen molar-refractivity contribution < 1.29 is 19.4 Å². The van der Waals surface area contributed by atoms with Gasteiger partial charge in [-0.15, -0.1) is 0 Å². The molecule has 1 unspecified atom stereocenters. The van der Waals surface area contributed by atoms with Gasteiger partial charge >= 0.3 is 12.0 Å². The standard InChI is InChI=1S/C14H21N3O4/c1-9(17(2)3)8-15-14(20)16-12-7-10(21-4)5-6-11(12)13(18)19/h5-7,9H,8H2,1-4H3,(H,18,19)(H2,15,16,20). The van der Waals surface area contributed by atoms with E-state index in [2.05, 4.69) is 10.6 Å². The van der Waals surface area contributed by atoms with Gasteiger partial charge in [-0.2, -0.15) is 0 Å². The summed E-state index contributed by atoms with van der Waals surface area (Å²) in [5.74, 6) is -0.647. The van der Waals surface area contributed by atoms with Gasteiger partial charge in [0.25, 0.3) is 0 Å².